The van der Waals surface area contributed by atoms with E-state index in [1.165, 1.54) is 55.7 Å². The normalized spacial score (nSPS) is 26.7. The standard InChI is InChI=1S/C64H89N11O21S2/c1-33-29-75-54(55(33)84)60(89)66-28-41(79)26-45(67-56(85)36-9-11-37(12-10-36)61-71-72-62(97-61)38-13-15-40(16-14-38)73-22-19-44(20-23-73)95-43-6-4-3-5-7-43)57(86)68-51(34(2)78)63(90)74-30-42(80)27-46(74)58(87)69-52(49(83)24-35-8-17-47(81)50(25-35)96-98(92,93)94)59(88)70-53(64(75)91)48(82)18-21-65-39(31-76)32-77/h8-17,25,33-34,39,41-46,48-49,51-55,65,76-84,92-94H,3-7,18-24,26-32H2,1-2H3,(H,66,89)(H,67,85)(H,68,86)(H,69,87)(H,70,88)/t33-,34+,41+,42+,45?,46-,48+,49+,51-,52-,53-,54-,55-/m0/s1. The second-order valence-electron chi connectivity index (χ2n) is 25.8. The SMILES string of the molecule is C[C@@H](O)[C@@H]1NC(=O)C(NC(=O)c2ccc(-c3nnc(-c4ccc(N5CCC(OC6CCCCC6)CC5)cc4)s3)cc2)C[C@@H](O)CNC(=O)[C@@H]2[C@@H](O)[C@@H](C)CN2C(=O)[C@H]([C@H](O)CCNC(CO)CO)NC(=O)[C@H]([C@H](O)Cc2ccc(O)c(OS(O)(O)O)c2)NC(=O)[C@@H]2C[C@@H](O)CN2C1=O. The van der Waals surface area contributed by atoms with Crippen LogP contribution in [0.2, 0.25) is 0 Å². The minimum Gasteiger partial charge on any atom is -0.504 e. The average Bonchev–Trinajstić information content (AvgIpc) is 1.36. The minimum absolute atomic E-state index is 0.00763. The number of hydrogen-bond donors (Lipinski definition) is 18. The summed E-state index contributed by atoms with van der Waals surface area (Å²) in [4.78, 5) is 106. The highest BCUT2D eigenvalue weighted by Gasteiger charge is 2.50. The van der Waals surface area contributed by atoms with Crippen LogP contribution in [0.5, 0.6) is 11.5 Å². The molecular formula is C64H89N11O21S2. The van der Waals surface area contributed by atoms with Crippen LogP contribution in [0.15, 0.2) is 66.7 Å². The molecule has 0 spiro atoms. The number of phenolic OH excluding ortho intramolecular Hbond substituents is 1. The summed E-state index contributed by atoms with van der Waals surface area (Å²) in [5.41, 5.74) is 2.48. The molecule has 4 saturated heterocycles. The first kappa shape index (κ1) is 75.0. The van der Waals surface area contributed by atoms with Crippen molar-refractivity contribution in [2.45, 2.75) is 176 Å². The number of aliphatic hydroxyl groups is 8. The number of benzene rings is 3. The summed E-state index contributed by atoms with van der Waals surface area (Å²) in [7, 11) is 0. The first-order valence-corrected chi connectivity index (χ1v) is 35.0. The molecule has 3 aromatic carbocycles. The molecule has 1 unspecified atom stereocenters. The van der Waals surface area contributed by atoms with E-state index in [1.54, 1.807) is 12.1 Å². The van der Waals surface area contributed by atoms with Gasteiger partial charge in [0.2, 0.25) is 35.4 Å². The zero-order valence-electron chi connectivity index (χ0n) is 54.1. The van der Waals surface area contributed by atoms with Gasteiger partial charge in [-0.05, 0) is 99.7 Å². The number of rotatable bonds is 20. The molecule has 538 valence electrons. The molecule has 7 amide bonds. The smallest absolute Gasteiger partial charge is 0.266 e. The third-order valence-corrected chi connectivity index (χ3v) is 19.8. The van der Waals surface area contributed by atoms with Gasteiger partial charge in [-0.3, -0.25) is 47.2 Å². The Morgan fingerprint density at radius 3 is 1.96 bits per heavy atom. The van der Waals surface area contributed by atoms with E-state index in [0.29, 0.717) is 21.7 Å². The number of fused-ring (bicyclic) bond motifs is 2. The number of phenols is 1. The quantitative estimate of drug-likeness (QED) is 0.0489. The third kappa shape index (κ3) is 19.2. The lowest BCUT2D eigenvalue weighted by atomic mass is 9.97. The van der Waals surface area contributed by atoms with Gasteiger partial charge in [0.05, 0.1) is 68.1 Å². The van der Waals surface area contributed by atoms with Gasteiger partial charge >= 0.3 is 0 Å². The van der Waals surface area contributed by atoms with Crippen LogP contribution in [-0.2, 0) is 39.9 Å². The van der Waals surface area contributed by atoms with Crippen LogP contribution in [0, 0.1) is 5.92 Å². The molecular weight excluding hydrogens is 1320 g/mol. The number of β-amino-alcohol motifs (C(OH)–C–C–N with tert-alkyl or cyclic N) is 1. The second kappa shape index (κ2) is 33.7. The maximum Gasteiger partial charge on any atom is 0.266 e. The van der Waals surface area contributed by atoms with E-state index in [-0.39, 0.29) is 30.3 Å². The summed E-state index contributed by atoms with van der Waals surface area (Å²) in [5, 5.41) is 124. The molecule has 18 N–H and O–H groups in total. The number of carbonyl (C=O) groups excluding carboxylic acids is 7. The number of nitrogens with zero attached hydrogens (tertiary/aromatic N) is 5. The Morgan fingerprint density at radius 2 is 1.33 bits per heavy atom. The van der Waals surface area contributed by atoms with Crippen molar-refractivity contribution in [2.75, 3.05) is 57.4 Å². The maximum absolute atomic E-state index is 15.0. The number of nitrogens with one attached hydrogen (secondary N) is 6. The first-order chi connectivity index (χ1) is 46.7. The van der Waals surface area contributed by atoms with Gasteiger partial charge in [-0.25, -0.2) is 0 Å². The van der Waals surface area contributed by atoms with Crippen LogP contribution in [0.3, 0.4) is 0 Å². The zero-order chi connectivity index (χ0) is 70.7. The van der Waals surface area contributed by atoms with Gasteiger partial charge in [0, 0.05) is 80.3 Å². The molecule has 5 fully saturated rings. The van der Waals surface area contributed by atoms with Crippen LogP contribution in [0.25, 0.3) is 21.1 Å². The van der Waals surface area contributed by atoms with Gasteiger partial charge < -0.3 is 101 Å². The summed E-state index contributed by atoms with van der Waals surface area (Å²) in [5.74, 6) is -10.5. The Hall–Kier alpha value is -7.26. The van der Waals surface area contributed by atoms with Crippen molar-refractivity contribution in [1.82, 2.24) is 51.9 Å². The van der Waals surface area contributed by atoms with Gasteiger partial charge in [-0.15, -0.1) is 10.2 Å². The number of amides is 7. The molecule has 34 heteroatoms. The van der Waals surface area contributed by atoms with Crippen LogP contribution >= 0.6 is 22.5 Å². The summed E-state index contributed by atoms with van der Waals surface area (Å²) in [6, 6.07) is 4.72. The number of carbonyl (C=O) groups is 7. The van der Waals surface area contributed by atoms with Crippen LogP contribution < -0.4 is 41.0 Å². The Balaban J connectivity index is 0.966. The fraction of sp³-hybridized carbons (Fsp3) is 0.578. The molecule has 4 aliphatic heterocycles. The van der Waals surface area contributed by atoms with Crippen molar-refractivity contribution < 1.29 is 102 Å². The van der Waals surface area contributed by atoms with Crippen molar-refractivity contribution in [1.29, 1.82) is 0 Å². The van der Waals surface area contributed by atoms with Gasteiger partial charge in [0.1, 0.15) is 46.3 Å². The summed E-state index contributed by atoms with van der Waals surface area (Å²) < 4.78 is 39.8. The topological polar surface area (TPSA) is 488 Å². The fourth-order valence-corrected chi connectivity index (χ4v) is 14.2. The minimum atomic E-state index is -4.74. The number of aromatic nitrogens is 2. The Bertz CT molecular complexity index is 3390. The second-order valence-corrected chi connectivity index (χ2v) is 27.9. The molecule has 0 radical (unpaired) electrons. The predicted octanol–water partition coefficient (Wildman–Crippen LogP) is -1.31. The van der Waals surface area contributed by atoms with E-state index >= 15 is 0 Å². The van der Waals surface area contributed by atoms with Crippen LogP contribution in [-0.4, -0.2) is 265 Å². The Labute approximate surface area is 570 Å². The highest BCUT2D eigenvalue weighted by atomic mass is 32.3. The molecule has 9 rings (SSSR count). The molecule has 98 heavy (non-hydrogen) atoms. The number of ether oxygens (including phenoxy) is 1. The highest BCUT2D eigenvalue weighted by molar-refractivity contribution is 8.15. The van der Waals surface area contributed by atoms with Gasteiger partial charge in [-0.2, -0.15) is 0 Å². The number of aromatic hydroxyl groups is 1. The molecule has 32 nitrogen and oxygen atoms in total. The first-order valence-electron chi connectivity index (χ1n) is 32.8. The van der Waals surface area contributed by atoms with E-state index in [4.69, 9.17) is 4.74 Å². The number of piperidine rings is 1. The molecule has 5 heterocycles. The molecule has 13 atom stereocenters. The monoisotopic (exact) mass is 1410 g/mol. The molecule has 1 aromatic heterocycles. The summed E-state index contributed by atoms with van der Waals surface area (Å²) >= 11 is -3.42. The summed E-state index contributed by atoms with van der Waals surface area (Å²) in [6.45, 7) is 1.32. The van der Waals surface area contributed by atoms with Crippen molar-refractivity contribution >= 4 is 69.5 Å². The van der Waals surface area contributed by atoms with Gasteiger partial charge in [0.15, 0.2) is 11.5 Å². The third-order valence-electron chi connectivity index (χ3n) is 18.4. The Morgan fingerprint density at radius 1 is 0.714 bits per heavy atom. The van der Waals surface area contributed by atoms with E-state index in [9.17, 15) is 93.2 Å². The van der Waals surface area contributed by atoms with E-state index in [1.807, 2.05) is 12.1 Å². The lowest BCUT2D eigenvalue weighted by molar-refractivity contribution is -0.147. The van der Waals surface area contributed by atoms with Gasteiger partial charge in [0.25, 0.3) is 17.1 Å². The van der Waals surface area contributed by atoms with E-state index in [2.05, 4.69) is 63.3 Å². The lowest BCUT2D eigenvalue weighted by Gasteiger charge is -2.36. The molecule has 4 aromatic rings. The predicted molar refractivity (Wildman–Crippen MR) is 354 cm³/mol. The highest BCUT2D eigenvalue weighted by Crippen LogP contribution is 2.41. The van der Waals surface area contributed by atoms with Crippen LogP contribution in [0.4, 0.5) is 5.69 Å². The zero-order valence-corrected chi connectivity index (χ0v) is 55.7. The summed E-state index contributed by atoms with van der Waals surface area (Å²) in [6.07, 6.45) is -4.47. The molecule has 1 saturated carbocycles. The van der Waals surface area contributed by atoms with E-state index in [0.717, 1.165) is 78.9 Å². The molecule has 0 bridgehead atoms. The largest absolute Gasteiger partial charge is 0.504 e. The van der Waals surface area contributed by atoms with E-state index < -0.39 is 201 Å². The molecule has 1 aliphatic carbocycles. The van der Waals surface area contributed by atoms with Crippen molar-refractivity contribution in [2.24, 2.45) is 5.92 Å². The Kier molecular flexibility index (Phi) is 25.8. The fourth-order valence-electron chi connectivity index (χ4n) is 12.9. The lowest BCUT2D eigenvalue weighted by Crippen LogP contribution is -2.64. The maximum atomic E-state index is 15.0. The number of hydrogen-bond acceptors (Lipinski definition) is 26. The van der Waals surface area contributed by atoms with Crippen molar-refractivity contribution in [3.8, 4) is 32.6 Å². The van der Waals surface area contributed by atoms with Gasteiger partial charge in [-0.1, -0.05) is 55.7 Å². The molecule has 5 aliphatic rings. The number of aliphatic hydroxyl groups excluding tert-OH is 8. The number of anilines is 1. The average molecular weight is 1410 g/mol. The van der Waals surface area contributed by atoms with Crippen LogP contribution in [0.1, 0.15) is 94.0 Å². The van der Waals surface area contributed by atoms with Crippen molar-refractivity contribution in [3.63, 3.8) is 0 Å². The van der Waals surface area contributed by atoms with Crippen molar-refractivity contribution in [3.05, 3.63) is 77.9 Å².